The van der Waals surface area contributed by atoms with Gasteiger partial charge >= 0.3 is 0 Å². The normalized spacial score (nSPS) is 15.3. The molecule has 0 radical (unpaired) electrons. The topological polar surface area (TPSA) is 34.1 Å². The summed E-state index contributed by atoms with van der Waals surface area (Å²) in [7, 11) is -2.05. The number of hydrogen-bond donors (Lipinski definition) is 0. The van der Waals surface area contributed by atoms with Crippen LogP contribution in [-0.2, 0) is 10.8 Å². The molecule has 0 fully saturated rings. The highest BCUT2D eigenvalue weighted by atomic mass is 32.2. The van der Waals surface area contributed by atoms with Crippen LogP contribution in [0.5, 0.6) is 0 Å². The van der Waals surface area contributed by atoms with Gasteiger partial charge in [0.1, 0.15) is 0 Å². The van der Waals surface area contributed by atoms with E-state index in [-0.39, 0.29) is 5.56 Å². The Bertz CT molecular complexity index is 633. The zero-order chi connectivity index (χ0) is 14.8. The predicted octanol–water partition coefficient (Wildman–Crippen LogP) is 3.67. The Morgan fingerprint density at radius 2 is 1.60 bits per heavy atom. The van der Waals surface area contributed by atoms with Gasteiger partial charge in [-0.3, -0.25) is 9.00 Å². The summed E-state index contributed by atoms with van der Waals surface area (Å²) in [5, 5.41) is -2.45. The molecule has 0 aliphatic heterocycles. The molecule has 104 valence electrons. The first-order valence-electron chi connectivity index (χ1n) is 6.20. The molecule has 0 aliphatic carbocycles. The van der Waals surface area contributed by atoms with Gasteiger partial charge in [0.2, 0.25) is 10.8 Å². The number of carbonyl (C=O) groups excluding carboxylic acids is 1. The SMILES string of the molecule is Cc1ccc([S@](=O)C(C)(F)C(=O)c2ccccc2)cc1. The van der Waals surface area contributed by atoms with Gasteiger partial charge in [0, 0.05) is 10.5 Å². The van der Waals surface area contributed by atoms with Crippen molar-refractivity contribution in [1.29, 1.82) is 0 Å². The summed E-state index contributed by atoms with van der Waals surface area (Å²) >= 11 is 0. The summed E-state index contributed by atoms with van der Waals surface area (Å²) < 4.78 is 27.0. The van der Waals surface area contributed by atoms with Gasteiger partial charge < -0.3 is 0 Å². The molecule has 20 heavy (non-hydrogen) atoms. The van der Waals surface area contributed by atoms with E-state index in [2.05, 4.69) is 0 Å². The molecule has 2 rings (SSSR count). The molecule has 0 heterocycles. The molecule has 2 atom stereocenters. The largest absolute Gasteiger partial charge is 0.289 e. The lowest BCUT2D eigenvalue weighted by atomic mass is 10.1. The number of aryl methyl sites for hydroxylation is 1. The standard InChI is InChI=1S/C16H15FO2S/c1-12-8-10-14(11-9-12)20(19)16(2,17)15(18)13-6-4-3-5-7-13/h3-11H,1-2H3/t16?,20-/m0/s1. The van der Waals surface area contributed by atoms with Gasteiger partial charge in [0.15, 0.2) is 0 Å². The maximum absolute atomic E-state index is 14.7. The van der Waals surface area contributed by atoms with Crippen LogP contribution in [0.2, 0.25) is 0 Å². The number of benzene rings is 2. The quantitative estimate of drug-likeness (QED) is 0.805. The van der Waals surface area contributed by atoms with Crippen molar-refractivity contribution in [2.45, 2.75) is 23.7 Å². The summed E-state index contributed by atoms with van der Waals surface area (Å²) in [6, 6.07) is 14.7. The third kappa shape index (κ3) is 2.85. The molecule has 2 aromatic rings. The Morgan fingerprint density at radius 1 is 1.05 bits per heavy atom. The van der Waals surface area contributed by atoms with Crippen LogP contribution in [-0.4, -0.2) is 15.0 Å². The average Bonchev–Trinajstić information content (AvgIpc) is 2.47. The van der Waals surface area contributed by atoms with Crippen LogP contribution in [0.1, 0.15) is 22.8 Å². The number of rotatable bonds is 4. The van der Waals surface area contributed by atoms with Crippen LogP contribution in [0, 0.1) is 6.92 Å². The van der Waals surface area contributed by atoms with Gasteiger partial charge in [-0.2, -0.15) is 0 Å². The van der Waals surface area contributed by atoms with Crippen molar-refractivity contribution in [3.63, 3.8) is 0 Å². The fourth-order valence-electron chi connectivity index (χ4n) is 1.81. The Kier molecular flexibility index (Phi) is 4.14. The van der Waals surface area contributed by atoms with Crippen molar-refractivity contribution >= 4 is 16.6 Å². The van der Waals surface area contributed by atoms with Crippen LogP contribution in [0.3, 0.4) is 0 Å². The van der Waals surface area contributed by atoms with E-state index in [1.807, 2.05) is 6.92 Å². The summed E-state index contributed by atoms with van der Waals surface area (Å²) in [5.74, 6) is -0.767. The van der Waals surface area contributed by atoms with Crippen molar-refractivity contribution in [3.8, 4) is 0 Å². The highest BCUT2D eigenvalue weighted by Crippen LogP contribution is 2.27. The second kappa shape index (κ2) is 5.67. The van der Waals surface area contributed by atoms with Crippen LogP contribution >= 0.6 is 0 Å². The van der Waals surface area contributed by atoms with Crippen LogP contribution in [0.25, 0.3) is 0 Å². The number of hydrogen-bond acceptors (Lipinski definition) is 2. The van der Waals surface area contributed by atoms with Gasteiger partial charge in [0.05, 0.1) is 10.8 Å². The zero-order valence-electron chi connectivity index (χ0n) is 11.3. The van der Waals surface area contributed by atoms with E-state index < -0.39 is 21.6 Å². The number of carbonyl (C=O) groups is 1. The third-order valence-corrected chi connectivity index (χ3v) is 4.61. The molecule has 0 saturated carbocycles. The van der Waals surface area contributed by atoms with Crippen molar-refractivity contribution in [1.82, 2.24) is 0 Å². The minimum atomic E-state index is -2.45. The summed E-state index contributed by atoms with van der Waals surface area (Å²) in [5.41, 5.74) is 1.21. The molecule has 0 spiro atoms. The van der Waals surface area contributed by atoms with Crippen LogP contribution < -0.4 is 0 Å². The monoisotopic (exact) mass is 290 g/mol. The second-order valence-corrected chi connectivity index (χ2v) is 6.47. The summed E-state index contributed by atoms with van der Waals surface area (Å²) in [6.45, 7) is 2.95. The Labute approximate surface area is 120 Å². The first-order chi connectivity index (χ1) is 9.43. The molecule has 4 heteroatoms. The van der Waals surface area contributed by atoms with Gasteiger partial charge in [-0.15, -0.1) is 0 Å². The average molecular weight is 290 g/mol. The molecule has 0 aliphatic rings. The molecule has 0 aromatic heterocycles. The predicted molar refractivity (Wildman–Crippen MR) is 77.9 cm³/mol. The minimum absolute atomic E-state index is 0.220. The maximum Gasteiger partial charge on any atom is 0.248 e. The van der Waals surface area contributed by atoms with E-state index in [1.54, 1.807) is 42.5 Å². The minimum Gasteiger partial charge on any atom is -0.289 e. The molecular weight excluding hydrogens is 275 g/mol. The van der Waals surface area contributed by atoms with Gasteiger partial charge in [-0.25, -0.2) is 4.39 Å². The fourth-order valence-corrected chi connectivity index (χ4v) is 2.93. The lowest BCUT2D eigenvalue weighted by Crippen LogP contribution is -2.35. The van der Waals surface area contributed by atoms with Crippen molar-refractivity contribution in [2.75, 3.05) is 0 Å². The number of alkyl halides is 1. The maximum atomic E-state index is 14.7. The molecule has 0 saturated heterocycles. The lowest BCUT2D eigenvalue weighted by Gasteiger charge is -2.18. The Balaban J connectivity index is 2.32. The number of halogens is 1. The molecule has 0 N–H and O–H groups in total. The first-order valence-corrected chi connectivity index (χ1v) is 7.35. The van der Waals surface area contributed by atoms with Gasteiger partial charge in [-0.1, -0.05) is 48.0 Å². The second-order valence-electron chi connectivity index (χ2n) is 4.69. The van der Waals surface area contributed by atoms with E-state index in [1.165, 1.54) is 12.1 Å². The van der Waals surface area contributed by atoms with Crippen LogP contribution in [0.15, 0.2) is 59.5 Å². The first kappa shape index (κ1) is 14.6. The highest BCUT2D eigenvalue weighted by molar-refractivity contribution is 7.87. The lowest BCUT2D eigenvalue weighted by molar-refractivity contribution is 0.0853. The van der Waals surface area contributed by atoms with E-state index in [4.69, 9.17) is 0 Å². The van der Waals surface area contributed by atoms with E-state index in [0.29, 0.717) is 4.90 Å². The Morgan fingerprint density at radius 3 is 2.15 bits per heavy atom. The third-order valence-electron chi connectivity index (χ3n) is 3.02. The Hall–Kier alpha value is -1.81. The fraction of sp³-hybridized carbons (Fsp3) is 0.188. The van der Waals surface area contributed by atoms with Crippen molar-refractivity contribution in [3.05, 3.63) is 65.7 Å². The summed E-state index contributed by atoms with van der Waals surface area (Å²) in [6.07, 6.45) is 0. The summed E-state index contributed by atoms with van der Waals surface area (Å²) in [4.78, 5) is 12.5. The molecular formula is C16H15FO2S. The molecule has 2 aromatic carbocycles. The van der Waals surface area contributed by atoms with Crippen LogP contribution in [0.4, 0.5) is 4.39 Å². The number of Topliss-reactive ketones (excluding diaryl/α,β-unsaturated/α-hetero) is 1. The zero-order valence-corrected chi connectivity index (χ0v) is 12.1. The van der Waals surface area contributed by atoms with E-state index >= 15 is 0 Å². The van der Waals surface area contributed by atoms with E-state index in [9.17, 15) is 13.4 Å². The highest BCUT2D eigenvalue weighted by Gasteiger charge is 2.41. The molecule has 1 unspecified atom stereocenters. The van der Waals surface area contributed by atoms with Crippen molar-refractivity contribution in [2.24, 2.45) is 0 Å². The molecule has 2 nitrogen and oxygen atoms in total. The number of ketones is 1. The van der Waals surface area contributed by atoms with Gasteiger partial charge in [0.25, 0.3) is 0 Å². The molecule has 0 amide bonds. The molecule has 0 bridgehead atoms. The van der Waals surface area contributed by atoms with Crippen molar-refractivity contribution < 1.29 is 13.4 Å². The van der Waals surface area contributed by atoms with E-state index in [0.717, 1.165) is 12.5 Å². The smallest absolute Gasteiger partial charge is 0.248 e. The van der Waals surface area contributed by atoms with Gasteiger partial charge in [-0.05, 0) is 26.0 Å².